The Balaban J connectivity index is 2.16. The number of hydrogen-bond donors (Lipinski definition) is 1. The molecule has 3 nitrogen and oxygen atoms in total. The third-order valence-electron chi connectivity index (χ3n) is 3.53. The number of rotatable bonds is 2. The number of aromatic nitrogens is 1. The minimum absolute atomic E-state index is 0.627. The summed E-state index contributed by atoms with van der Waals surface area (Å²) in [6, 6.07) is 7.82. The molecule has 0 amide bonds. The number of pyridine rings is 1. The normalized spacial score (nSPS) is 17.0. The molecule has 1 aromatic heterocycles. The maximum Gasteiger partial charge on any atom is 0.314 e. The molecule has 3 heteroatoms. The van der Waals surface area contributed by atoms with Gasteiger partial charge in [-0.15, -0.1) is 0 Å². The zero-order valence-corrected chi connectivity index (χ0v) is 9.60. The molecule has 0 atom stereocenters. The van der Waals surface area contributed by atoms with Gasteiger partial charge in [0.1, 0.15) is 0 Å². The highest BCUT2D eigenvalue weighted by Gasteiger charge is 2.51. The molecule has 17 heavy (non-hydrogen) atoms. The Morgan fingerprint density at radius 2 is 2.12 bits per heavy atom. The summed E-state index contributed by atoms with van der Waals surface area (Å²) in [5.41, 5.74) is 2.29. The van der Waals surface area contributed by atoms with Crippen LogP contribution in [-0.2, 0) is 10.2 Å². The third-order valence-corrected chi connectivity index (χ3v) is 3.53. The summed E-state index contributed by atoms with van der Waals surface area (Å²) < 4.78 is 0. The molecule has 0 radical (unpaired) electrons. The Bertz CT molecular complexity index is 615. The summed E-state index contributed by atoms with van der Waals surface area (Å²) in [5.74, 6) is -0.711. The Kier molecular flexibility index (Phi) is 1.99. The molecule has 1 saturated carbocycles. The first kappa shape index (κ1) is 10.3. The Labute approximate surface area is 99.1 Å². The highest BCUT2D eigenvalue weighted by molar-refractivity contribution is 5.88. The van der Waals surface area contributed by atoms with Crippen LogP contribution in [0, 0.1) is 6.92 Å². The number of aryl methyl sites for hydroxylation is 1. The molecule has 0 saturated heterocycles. The van der Waals surface area contributed by atoms with Crippen molar-refractivity contribution < 1.29 is 9.90 Å². The highest BCUT2D eigenvalue weighted by atomic mass is 16.4. The van der Waals surface area contributed by atoms with E-state index in [9.17, 15) is 9.90 Å². The van der Waals surface area contributed by atoms with Crippen LogP contribution in [0.15, 0.2) is 30.5 Å². The smallest absolute Gasteiger partial charge is 0.314 e. The highest BCUT2D eigenvalue weighted by Crippen LogP contribution is 2.48. The molecule has 0 unspecified atom stereocenters. The Hall–Kier alpha value is -1.90. The molecule has 1 aliphatic rings. The molecule has 1 heterocycles. The van der Waals surface area contributed by atoms with Crippen molar-refractivity contribution in [2.45, 2.75) is 25.2 Å². The van der Waals surface area contributed by atoms with Crippen molar-refractivity contribution in [2.24, 2.45) is 0 Å². The quantitative estimate of drug-likeness (QED) is 0.858. The number of aliphatic carboxylic acids is 1. The maximum absolute atomic E-state index is 11.3. The van der Waals surface area contributed by atoms with Gasteiger partial charge < -0.3 is 5.11 Å². The number of carboxylic acid groups (broad SMARTS) is 1. The zero-order chi connectivity index (χ0) is 12.0. The number of carboxylic acids is 1. The number of nitrogens with zero attached hydrogens (tertiary/aromatic N) is 1. The van der Waals surface area contributed by atoms with Crippen molar-refractivity contribution in [3.05, 3.63) is 41.6 Å². The molecule has 1 fully saturated rings. The van der Waals surface area contributed by atoms with E-state index in [-0.39, 0.29) is 0 Å². The average Bonchev–Trinajstić information content (AvgIpc) is 3.09. The van der Waals surface area contributed by atoms with Crippen LogP contribution in [-0.4, -0.2) is 16.1 Å². The largest absolute Gasteiger partial charge is 0.481 e. The van der Waals surface area contributed by atoms with Crippen molar-refractivity contribution in [3.63, 3.8) is 0 Å². The van der Waals surface area contributed by atoms with Crippen LogP contribution >= 0.6 is 0 Å². The fourth-order valence-electron chi connectivity index (χ4n) is 2.29. The predicted octanol–water partition coefficient (Wildman–Crippen LogP) is 2.66. The molecule has 1 aliphatic carbocycles. The van der Waals surface area contributed by atoms with E-state index in [2.05, 4.69) is 4.98 Å². The second-order valence-corrected chi connectivity index (χ2v) is 4.81. The van der Waals surface area contributed by atoms with Gasteiger partial charge in [-0.3, -0.25) is 9.78 Å². The van der Waals surface area contributed by atoms with E-state index in [1.165, 1.54) is 0 Å². The van der Waals surface area contributed by atoms with E-state index in [1.54, 1.807) is 0 Å². The van der Waals surface area contributed by atoms with E-state index < -0.39 is 11.4 Å². The summed E-state index contributed by atoms with van der Waals surface area (Å²) in [6.45, 7) is 1.99. The molecule has 86 valence electrons. The van der Waals surface area contributed by atoms with Gasteiger partial charge in [-0.25, -0.2) is 0 Å². The van der Waals surface area contributed by atoms with Gasteiger partial charge in [-0.2, -0.15) is 0 Å². The van der Waals surface area contributed by atoms with Gasteiger partial charge >= 0.3 is 5.97 Å². The first-order chi connectivity index (χ1) is 8.12. The molecule has 2 aromatic rings. The fraction of sp³-hybridized carbons (Fsp3) is 0.286. The van der Waals surface area contributed by atoms with Crippen LogP contribution in [0.4, 0.5) is 0 Å². The molecular weight excluding hydrogens is 214 g/mol. The predicted molar refractivity (Wildman–Crippen MR) is 65.0 cm³/mol. The molecule has 0 bridgehead atoms. The van der Waals surface area contributed by atoms with E-state index in [4.69, 9.17) is 0 Å². The summed E-state index contributed by atoms with van der Waals surface area (Å²) in [4.78, 5) is 15.6. The fourth-order valence-corrected chi connectivity index (χ4v) is 2.29. The van der Waals surface area contributed by atoms with E-state index in [1.807, 2.05) is 37.4 Å². The van der Waals surface area contributed by atoms with Crippen LogP contribution < -0.4 is 0 Å². The van der Waals surface area contributed by atoms with Crippen LogP contribution in [0.3, 0.4) is 0 Å². The third kappa shape index (κ3) is 1.50. The van der Waals surface area contributed by atoms with Gasteiger partial charge in [0.25, 0.3) is 0 Å². The summed E-state index contributed by atoms with van der Waals surface area (Å²) in [6.07, 6.45) is 3.31. The first-order valence-electron chi connectivity index (χ1n) is 5.72. The van der Waals surface area contributed by atoms with Crippen molar-refractivity contribution in [1.82, 2.24) is 4.98 Å². The molecule has 0 spiro atoms. The molecule has 3 rings (SSSR count). The van der Waals surface area contributed by atoms with Crippen molar-refractivity contribution in [1.29, 1.82) is 0 Å². The Morgan fingerprint density at radius 1 is 1.35 bits per heavy atom. The number of hydrogen-bond acceptors (Lipinski definition) is 2. The lowest BCUT2D eigenvalue weighted by atomic mass is 9.94. The molecular formula is C14H13NO2. The Morgan fingerprint density at radius 3 is 2.76 bits per heavy atom. The maximum atomic E-state index is 11.3. The molecule has 0 aliphatic heterocycles. The minimum atomic E-state index is -0.711. The summed E-state index contributed by atoms with van der Waals surface area (Å²) in [7, 11) is 0. The van der Waals surface area contributed by atoms with Gasteiger partial charge in [-0.05, 0) is 49.1 Å². The van der Waals surface area contributed by atoms with Gasteiger partial charge in [0, 0.05) is 11.6 Å². The lowest BCUT2D eigenvalue weighted by molar-refractivity contribution is -0.140. The second kappa shape index (κ2) is 3.29. The second-order valence-electron chi connectivity index (χ2n) is 4.81. The van der Waals surface area contributed by atoms with Crippen LogP contribution in [0.5, 0.6) is 0 Å². The lowest BCUT2D eigenvalue weighted by Gasteiger charge is -2.11. The lowest BCUT2D eigenvalue weighted by Crippen LogP contribution is -2.19. The minimum Gasteiger partial charge on any atom is -0.481 e. The van der Waals surface area contributed by atoms with Gasteiger partial charge in [-0.1, -0.05) is 6.07 Å². The van der Waals surface area contributed by atoms with E-state index >= 15 is 0 Å². The van der Waals surface area contributed by atoms with Crippen LogP contribution in [0.1, 0.15) is 24.0 Å². The van der Waals surface area contributed by atoms with Crippen molar-refractivity contribution >= 4 is 16.9 Å². The standard InChI is InChI=1S/C14H13NO2/c1-9-6-10-7-11(2-3-12(10)15-8-9)14(4-5-14)13(16)17/h2-3,6-8H,4-5H2,1H3,(H,16,17). The van der Waals surface area contributed by atoms with Crippen LogP contribution in [0.25, 0.3) is 10.9 Å². The average molecular weight is 227 g/mol. The van der Waals surface area contributed by atoms with E-state index in [0.717, 1.165) is 34.9 Å². The zero-order valence-electron chi connectivity index (χ0n) is 9.60. The SMILES string of the molecule is Cc1cnc2ccc(C3(C(=O)O)CC3)cc2c1. The number of fused-ring (bicyclic) bond motifs is 1. The van der Waals surface area contributed by atoms with Crippen molar-refractivity contribution in [3.8, 4) is 0 Å². The monoisotopic (exact) mass is 227 g/mol. The summed E-state index contributed by atoms with van der Waals surface area (Å²) in [5, 5.41) is 10.3. The first-order valence-corrected chi connectivity index (χ1v) is 5.72. The molecule has 1 aromatic carbocycles. The molecule has 1 N–H and O–H groups in total. The number of benzene rings is 1. The topological polar surface area (TPSA) is 50.2 Å². The summed E-state index contributed by atoms with van der Waals surface area (Å²) >= 11 is 0. The van der Waals surface area contributed by atoms with Gasteiger partial charge in [0.2, 0.25) is 0 Å². The van der Waals surface area contributed by atoms with E-state index in [0.29, 0.717) is 0 Å². The number of carbonyl (C=O) groups is 1. The van der Waals surface area contributed by atoms with Gasteiger partial charge in [0.15, 0.2) is 0 Å². The van der Waals surface area contributed by atoms with Gasteiger partial charge in [0.05, 0.1) is 10.9 Å². The van der Waals surface area contributed by atoms with Crippen LogP contribution in [0.2, 0.25) is 0 Å². The van der Waals surface area contributed by atoms with Crippen molar-refractivity contribution in [2.75, 3.05) is 0 Å².